The molecular weight excluding hydrogens is 595 g/mol. The first-order valence-corrected chi connectivity index (χ1v) is 16.3. The third-order valence-corrected chi connectivity index (χ3v) is 9.41. The fourth-order valence-electron chi connectivity index (χ4n) is 7.21. The Bertz CT molecular complexity index is 2770. The summed E-state index contributed by atoms with van der Waals surface area (Å²) in [5, 5.41) is 4.70. The molecule has 0 fully saturated rings. The van der Waals surface area contributed by atoms with Crippen molar-refractivity contribution in [1.29, 1.82) is 0 Å². The number of aromatic nitrogens is 3. The highest BCUT2D eigenvalue weighted by molar-refractivity contribution is 6.22. The maximum atomic E-state index is 8.53. The van der Waals surface area contributed by atoms with Gasteiger partial charge in [0.15, 0.2) is 0 Å². The van der Waals surface area contributed by atoms with Crippen molar-refractivity contribution < 1.29 is 6.85 Å². The monoisotopic (exact) mass is 632 g/mol. The number of hydrogen-bond acceptors (Lipinski definition) is 2. The van der Waals surface area contributed by atoms with Gasteiger partial charge in [0.05, 0.1) is 11.0 Å². The fourth-order valence-corrected chi connectivity index (χ4v) is 7.21. The van der Waals surface area contributed by atoms with Crippen molar-refractivity contribution in [3.05, 3.63) is 176 Å². The van der Waals surface area contributed by atoms with Crippen LogP contribution in [-0.4, -0.2) is 14.5 Å². The molecule has 2 aromatic heterocycles. The van der Waals surface area contributed by atoms with E-state index in [4.69, 9.17) is 6.85 Å². The van der Waals surface area contributed by atoms with E-state index in [-0.39, 0.29) is 5.82 Å². The minimum absolute atomic E-state index is 0.146. The van der Waals surface area contributed by atoms with Gasteiger partial charge in [-0.3, -0.25) is 9.55 Å². The quantitative estimate of drug-likeness (QED) is 0.171. The van der Waals surface area contributed by atoms with E-state index < -0.39 is 13.2 Å². The van der Waals surface area contributed by atoms with Crippen LogP contribution in [0, 0.1) is 0 Å². The maximum Gasteiger partial charge on any atom is 0.114 e. The van der Waals surface area contributed by atoms with Crippen molar-refractivity contribution in [3.63, 3.8) is 0 Å². The molecule has 0 bridgehead atoms. The van der Waals surface area contributed by atoms with Crippen molar-refractivity contribution in [1.82, 2.24) is 14.5 Å². The molecule has 0 amide bonds. The topological polar surface area (TPSA) is 30.7 Å². The molecule has 0 aliphatic carbocycles. The van der Waals surface area contributed by atoms with Gasteiger partial charge in [-0.25, -0.2) is 4.98 Å². The Balaban J connectivity index is 1.13. The number of nitrogens with zero attached hydrogens (tertiary/aromatic N) is 3. The Morgan fingerprint density at radius 2 is 1.10 bits per heavy atom. The zero-order valence-electron chi connectivity index (χ0n) is 31.5. The molecule has 0 radical (unpaired) electrons. The van der Waals surface area contributed by atoms with Crippen molar-refractivity contribution in [2.75, 3.05) is 0 Å². The predicted octanol–water partition coefficient (Wildman–Crippen LogP) is 12.0. The van der Waals surface area contributed by atoms with Crippen molar-refractivity contribution in [3.8, 4) is 50.2 Å². The molecule has 7 aromatic carbocycles. The lowest BCUT2D eigenvalue weighted by Crippen LogP contribution is -1.99. The van der Waals surface area contributed by atoms with Gasteiger partial charge >= 0.3 is 0 Å². The molecule has 0 N–H and O–H groups in total. The van der Waals surface area contributed by atoms with Crippen LogP contribution in [0.3, 0.4) is 0 Å². The Morgan fingerprint density at radius 3 is 1.76 bits per heavy atom. The third kappa shape index (κ3) is 4.90. The standard InChI is InChI=1S/C46H33N3/c1-2-44-48-42-19-9-10-20-43(42)49(44)35-27-25-32(26-28-35)31-21-23-33(24-22-31)45-38-15-5-7-17-40(38)46(41-18-8-6-16-39(41)45)37-14-4-3-13-36(37)34-12-11-29-47-30-34/h3-30H,2H2,1H3/i1D3,2D2. The zero-order valence-corrected chi connectivity index (χ0v) is 26.5. The minimum Gasteiger partial charge on any atom is -0.296 e. The Hall–Kier alpha value is -6.32. The molecule has 0 unspecified atom stereocenters. The highest BCUT2D eigenvalue weighted by Crippen LogP contribution is 2.46. The molecule has 3 heteroatoms. The molecule has 0 atom stereocenters. The summed E-state index contributed by atoms with van der Waals surface area (Å²) in [6.45, 7) is -2.89. The summed E-state index contributed by atoms with van der Waals surface area (Å²) in [5.41, 5.74) is 10.7. The first kappa shape index (κ1) is 23.9. The molecule has 0 aliphatic heterocycles. The molecule has 0 spiro atoms. The normalized spacial score (nSPS) is 13.5. The van der Waals surface area contributed by atoms with Crippen LogP contribution >= 0.6 is 0 Å². The van der Waals surface area contributed by atoms with Crippen LogP contribution < -0.4 is 0 Å². The van der Waals surface area contributed by atoms with E-state index in [9.17, 15) is 0 Å². The first-order chi connectivity index (χ1) is 26.2. The van der Waals surface area contributed by atoms with Crippen LogP contribution in [0.25, 0.3) is 82.8 Å². The van der Waals surface area contributed by atoms with Gasteiger partial charge in [-0.15, -0.1) is 0 Å². The van der Waals surface area contributed by atoms with Crippen LogP contribution in [-0.2, 0) is 6.37 Å². The molecule has 9 aromatic rings. The summed E-state index contributed by atoms with van der Waals surface area (Å²) in [6.07, 6.45) is 1.07. The van der Waals surface area contributed by atoms with E-state index in [1.165, 1.54) is 32.7 Å². The lowest BCUT2D eigenvalue weighted by atomic mass is 9.84. The molecule has 2 heterocycles. The first-order valence-electron chi connectivity index (χ1n) is 18.8. The van der Waals surface area contributed by atoms with Crippen LogP contribution in [0.5, 0.6) is 0 Å². The van der Waals surface area contributed by atoms with Crippen LogP contribution in [0.15, 0.2) is 170 Å². The van der Waals surface area contributed by atoms with Gasteiger partial charge in [0, 0.05) is 36.9 Å². The second kappa shape index (κ2) is 12.0. The van der Waals surface area contributed by atoms with E-state index in [1.807, 2.05) is 54.7 Å². The van der Waals surface area contributed by atoms with Gasteiger partial charge in [-0.05, 0) is 90.8 Å². The van der Waals surface area contributed by atoms with Crippen molar-refractivity contribution >= 4 is 32.6 Å². The summed E-state index contributed by atoms with van der Waals surface area (Å²) < 4.78 is 42.4. The van der Waals surface area contributed by atoms with Gasteiger partial charge in [-0.1, -0.05) is 134 Å². The number of para-hydroxylation sites is 2. The Morgan fingerprint density at radius 1 is 0.531 bits per heavy atom. The lowest BCUT2D eigenvalue weighted by molar-refractivity contribution is 0.908. The largest absolute Gasteiger partial charge is 0.296 e. The SMILES string of the molecule is [2H]C([2H])([2H])C([2H])([2H])c1nc2ccccc2n1-c1ccc(-c2ccc(-c3c4ccccc4c(-c4ccccc4-c4cccnc4)c4ccccc34)cc2)cc1. The Labute approximate surface area is 292 Å². The Kier molecular flexibility index (Phi) is 5.88. The van der Waals surface area contributed by atoms with Crippen LogP contribution in [0.4, 0.5) is 0 Å². The minimum atomic E-state index is -2.89. The molecular formula is C46H33N3. The highest BCUT2D eigenvalue weighted by Gasteiger charge is 2.19. The molecule has 232 valence electrons. The molecule has 49 heavy (non-hydrogen) atoms. The average Bonchev–Trinajstić information content (AvgIpc) is 3.61. The summed E-state index contributed by atoms with van der Waals surface area (Å²) in [4.78, 5) is 8.87. The van der Waals surface area contributed by atoms with Gasteiger partial charge in [-0.2, -0.15) is 0 Å². The molecule has 0 saturated heterocycles. The smallest absolute Gasteiger partial charge is 0.114 e. The van der Waals surface area contributed by atoms with Crippen molar-refractivity contribution in [2.45, 2.75) is 13.2 Å². The maximum absolute atomic E-state index is 8.53. The highest BCUT2D eigenvalue weighted by atomic mass is 15.1. The number of benzene rings is 7. The van der Waals surface area contributed by atoms with E-state index >= 15 is 0 Å². The molecule has 0 aliphatic rings. The summed E-state index contributed by atoms with van der Waals surface area (Å²) >= 11 is 0. The number of pyridine rings is 1. The summed E-state index contributed by atoms with van der Waals surface area (Å²) in [5.74, 6) is -0.146. The zero-order chi connectivity index (χ0) is 37.0. The summed E-state index contributed by atoms with van der Waals surface area (Å²) in [7, 11) is 0. The second-order valence-electron chi connectivity index (χ2n) is 12.1. The molecule has 9 rings (SSSR count). The number of fused-ring (bicyclic) bond motifs is 3. The van der Waals surface area contributed by atoms with E-state index in [0.29, 0.717) is 16.7 Å². The third-order valence-electron chi connectivity index (χ3n) is 9.41. The van der Waals surface area contributed by atoms with Crippen LogP contribution in [0.2, 0.25) is 0 Å². The van der Waals surface area contributed by atoms with E-state index in [0.717, 1.165) is 33.4 Å². The van der Waals surface area contributed by atoms with Gasteiger partial charge < -0.3 is 0 Å². The second-order valence-corrected chi connectivity index (χ2v) is 12.1. The number of imidazole rings is 1. The average molecular weight is 633 g/mol. The molecule has 0 saturated carbocycles. The fraction of sp³-hybridized carbons (Fsp3) is 0.0435. The predicted molar refractivity (Wildman–Crippen MR) is 205 cm³/mol. The van der Waals surface area contributed by atoms with Crippen LogP contribution in [0.1, 0.15) is 19.5 Å². The summed E-state index contributed by atoms with van der Waals surface area (Å²) in [6, 6.07) is 53.5. The van der Waals surface area contributed by atoms with Gasteiger partial charge in [0.25, 0.3) is 0 Å². The number of aryl methyl sites for hydroxylation is 1. The number of hydrogen-bond donors (Lipinski definition) is 0. The molecule has 3 nitrogen and oxygen atoms in total. The van der Waals surface area contributed by atoms with Gasteiger partial charge in [0.2, 0.25) is 0 Å². The number of rotatable bonds is 6. The van der Waals surface area contributed by atoms with Crippen molar-refractivity contribution in [2.24, 2.45) is 0 Å². The van der Waals surface area contributed by atoms with E-state index in [1.54, 1.807) is 16.8 Å². The lowest BCUT2D eigenvalue weighted by Gasteiger charge is -2.19. The van der Waals surface area contributed by atoms with E-state index in [2.05, 4.69) is 113 Å². The van der Waals surface area contributed by atoms with Gasteiger partial charge in [0.1, 0.15) is 5.82 Å².